The van der Waals surface area contributed by atoms with E-state index in [2.05, 4.69) is 5.32 Å². The molecule has 0 aliphatic carbocycles. The summed E-state index contributed by atoms with van der Waals surface area (Å²) < 4.78 is 16.6. The lowest BCUT2D eigenvalue weighted by molar-refractivity contribution is -0.112. The zero-order chi connectivity index (χ0) is 21.0. The number of carbonyl (C=O) groups is 1. The normalized spacial score (nSPS) is 15.1. The van der Waals surface area contributed by atoms with Gasteiger partial charge in [0.1, 0.15) is 35.0 Å². The second-order valence-corrected chi connectivity index (χ2v) is 6.94. The van der Waals surface area contributed by atoms with Gasteiger partial charge in [0.25, 0.3) is 5.91 Å². The van der Waals surface area contributed by atoms with Crippen molar-refractivity contribution in [2.45, 2.75) is 26.4 Å². The van der Waals surface area contributed by atoms with Gasteiger partial charge in [0, 0.05) is 23.2 Å². The molecule has 7 heteroatoms. The van der Waals surface area contributed by atoms with E-state index in [0.717, 1.165) is 17.7 Å². The number of methoxy groups -OCH3 is 1. The average molecular weight is 413 g/mol. The van der Waals surface area contributed by atoms with Gasteiger partial charge in [0.05, 0.1) is 18.7 Å². The number of rotatable bonds is 6. The smallest absolute Gasteiger partial charge is 0.266 e. The third kappa shape index (κ3) is 4.64. The predicted octanol–water partition coefficient (Wildman–Crippen LogP) is 4.62. The van der Waals surface area contributed by atoms with Crippen LogP contribution in [0.5, 0.6) is 17.2 Å². The summed E-state index contributed by atoms with van der Waals surface area (Å²) in [5, 5.41) is 12.6. The number of benzene rings is 2. The number of hydrogen-bond acceptors (Lipinski definition) is 5. The Kier molecular flexibility index (Phi) is 6.30. The monoisotopic (exact) mass is 412 g/mol. The molecule has 0 saturated carbocycles. The molecule has 1 aliphatic rings. The maximum absolute atomic E-state index is 12.6. The highest BCUT2D eigenvalue weighted by atomic mass is 35.5. The van der Waals surface area contributed by atoms with Crippen molar-refractivity contribution >= 4 is 29.3 Å². The average Bonchev–Trinajstić information content (AvgIpc) is 3.05. The van der Waals surface area contributed by atoms with E-state index in [1.165, 1.54) is 13.2 Å². The summed E-state index contributed by atoms with van der Waals surface area (Å²) in [7, 11) is 1.51. The first kappa shape index (κ1) is 20.6. The van der Waals surface area contributed by atoms with Crippen LogP contribution in [0.15, 0.2) is 35.9 Å². The Labute approximate surface area is 174 Å². The van der Waals surface area contributed by atoms with Gasteiger partial charge in [-0.1, -0.05) is 11.6 Å². The summed E-state index contributed by atoms with van der Waals surface area (Å²) in [6.45, 7) is 4.34. The Morgan fingerprint density at radius 2 is 2.17 bits per heavy atom. The fourth-order valence-corrected chi connectivity index (χ4v) is 3.35. The number of nitriles is 1. The number of fused-ring (bicyclic) bond motifs is 1. The van der Waals surface area contributed by atoms with Crippen molar-refractivity contribution in [3.63, 3.8) is 0 Å². The number of anilines is 1. The van der Waals surface area contributed by atoms with Gasteiger partial charge in [0.15, 0.2) is 0 Å². The number of halogens is 1. The van der Waals surface area contributed by atoms with Crippen molar-refractivity contribution in [1.29, 1.82) is 5.26 Å². The minimum absolute atomic E-state index is 0.0658. The molecule has 1 atom stereocenters. The van der Waals surface area contributed by atoms with Gasteiger partial charge in [-0.25, -0.2) is 0 Å². The van der Waals surface area contributed by atoms with Crippen LogP contribution >= 0.6 is 11.6 Å². The first-order valence-electron chi connectivity index (χ1n) is 9.18. The molecule has 6 nitrogen and oxygen atoms in total. The molecule has 1 aliphatic heterocycles. The fraction of sp³-hybridized carbons (Fsp3) is 0.273. The van der Waals surface area contributed by atoms with Gasteiger partial charge in [-0.3, -0.25) is 4.79 Å². The van der Waals surface area contributed by atoms with Gasteiger partial charge in [-0.2, -0.15) is 5.26 Å². The van der Waals surface area contributed by atoms with E-state index in [-0.39, 0.29) is 11.7 Å². The number of nitrogens with zero attached hydrogens (tertiary/aromatic N) is 1. The Morgan fingerprint density at radius 3 is 2.83 bits per heavy atom. The molecule has 0 radical (unpaired) electrons. The molecular weight excluding hydrogens is 392 g/mol. The molecule has 0 bridgehead atoms. The Morgan fingerprint density at radius 1 is 1.38 bits per heavy atom. The predicted molar refractivity (Wildman–Crippen MR) is 112 cm³/mol. The van der Waals surface area contributed by atoms with Gasteiger partial charge in [0.2, 0.25) is 0 Å². The van der Waals surface area contributed by atoms with E-state index < -0.39 is 5.91 Å². The van der Waals surface area contributed by atoms with Crippen molar-refractivity contribution in [3.05, 3.63) is 52.1 Å². The maximum atomic E-state index is 12.6. The molecule has 0 spiro atoms. The lowest BCUT2D eigenvalue weighted by Crippen LogP contribution is -2.13. The molecule has 3 rings (SSSR count). The molecule has 1 N–H and O–H groups in total. The summed E-state index contributed by atoms with van der Waals surface area (Å²) in [5.74, 6) is 1.30. The summed E-state index contributed by atoms with van der Waals surface area (Å²) >= 11 is 6.09. The van der Waals surface area contributed by atoms with Crippen molar-refractivity contribution in [3.8, 4) is 23.3 Å². The van der Waals surface area contributed by atoms with Gasteiger partial charge in [-0.15, -0.1) is 0 Å². The SMILES string of the molecule is CCOc1cc2c(cc1/C=C(\C#N)C(=O)Nc1ccc(OC)c(Cl)c1)O[C@H](C)C2. The number of nitrogens with one attached hydrogen (secondary N) is 1. The highest BCUT2D eigenvalue weighted by molar-refractivity contribution is 6.32. The molecule has 0 saturated heterocycles. The third-order valence-electron chi connectivity index (χ3n) is 4.40. The zero-order valence-corrected chi connectivity index (χ0v) is 17.2. The van der Waals surface area contributed by atoms with Crippen LogP contribution in [-0.2, 0) is 11.2 Å². The van der Waals surface area contributed by atoms with Gasteiger partial charge < -0.3 is 19.5 Å². The summed E-state index contributed by atoms with van der Waals surface area (Å²) in [6.07, 6.45) is 2.37. The van der Waals surface area contributed by atoms with E-state index in [0.29, 0.717) is 34.4 Å². The quantitative estimate of drug-likeness (QED) is 0.553. The molecule has 0 fully saturated rings. The minimum Gasteiger partial charge on any atom is -0.495 e. The largest absolute Gasteiger partial charge is 0.495 e. The van der Waals surface area contributed by atoms with Crippen LogP contribution in [0.3, 0.4) is 0 Å². The number of ether oxygens (including phenoxy) is 3. The lowest BCUT2D eigenvalue weighted by atomic mass is 10.0. The first-order valence-corrected chi connectivity index (χ1v) is 9.56. The topological polar surface area (TPSA) is 80.6 Å². The first-order chi connectivity index (χ1) is 13.9. The van der Waals surface area contributed by atoms with Crippen molar-refractivity contribution in [1.82, 2.24) is 0 Å². The fourth-order valence-electron chi connectivity index (χ4n) is 3.10. The highest BCUT2D eigenvalue weighted by Gasteiger charge is 2.22. The van der Waals surface area contributed by atoms with Crippen LogP contribution in [0.2, 0.25) is 5.02 Å². The van der Waals surface area contributed by atoms with E-state index in [1.54, 1.807) is 24.3 Å². The maximum Gasteiger partial charge on any atom is 0.266 e. The molecule has 29 heavy (non-hydrogen) atoms. The summed E-state index contributed by atoms with van der Waals surface area (Å²) in [5.41, 5.74) is 2.05. The van der Waals surface area contributed by atoms with E-state index in [4.69, 9.17) is 25.8 Å². The van der Waals surface area contributed by atoms with E-state index in [1.807, 2.05) is 26.0 Å². The van der Waals surface area contributed by atoms with Crippen LogP contribution in [0, 0.1) is 11.3 Å². The molecule has 0 aromatic heterocycles. The van der Waals surface area contributed by atoms with Crippen LogP contribution in [0.25, 0.3) is 6.08 Å². The molecule has 2 aromatic rings. The number of amides is 1. The molecule has 0 unspecified atom stereocenters. The van der Waals surface area contributed by atoms with Gasteiger partial charge in [-0.05, 0) is 50.3 Å². The Hall–Kier alpha value is -3.17. The summed E-state index contributed by atoms with van der Waals surface area (Å²) in [4.78, 5) is 12.6. The van der Waals surface area contributed by atoms with Crippen molar-refractivity contribution in [2.24, 2.45) is 0 Å². The second-order valence-electron chi connectivity index (χ2n) is 6.54. The van der Waals surface area contributed by atoms with Crippen LogP contribution in [0.4, 0.5) is 5.69 Å². The molecule has 2 aromatic carbocycles. The molecule has 1 heterocycles. The Balaban J connectivity index is 1.89. The lowest BCUT2D eigenvalue weighted by Gasteiger charge is -2.11. The number of hydrogen-bond donors (Lipinski definition) is 1. The van der Waals surface area contributed by atoms with Crippen LogP contribution in [0.1, 0.15) is 25.0 Å². The summed E-state index contributed by atoms with van der Waals surface area (Å²) in [6, 6.07) is 10.5. The van der Waals surface area contributed by atoms with Gasteiger partial charge >= 0.3 is 0 Å². The van der Waals surface area contributed by atoms with Crippen molar-refractivity contribution < 1.29 is 19.0 Å². The highest BCUT2D eigenvalue weighted by Crippen LogP contribution is 2.36. The van der Waals surface area contributed by atoms with Crippen molar-refractivity contribution in [2.75, 3.05) is 19.0 Å². The van der Waals surface area contributed by atoms with Crippen LogP contribution < -0.4 is 19.5 Å². The second kappa shape index (κ2) is 8.89. The molecule has 1 amide bonds. The Bertz CT molecular complexity index is 1010. The van der Waals surface area contributed by atoms with E-state index >= 15 is 0 Å². The van der Waals surface area contributed by atoms with Crippen LogP contribution in [-0.4, -0.2) is 25.7 Å². The third-order valence-corrected chi connectivity index (χ3v) is 4.70. The molecular formula is C22H21ClN2O4. The van der Waals surface area contributed by atoms with E-state index in [9.17, 15) is 10.1 Å². The molecule has 150 valence electrons. The minimum atomic E-state index is -0.550. The number of carbonyl (C=O) groups excluding carboxylic acids is 1. The zero-order valence-electron chi connectivity index (χ0n) is 16.4. The standard InChI is InChI=1S/C22H21ClN2O4/c1-4-28-20-9-14-7-13(2)29-21(14)10-15(20)8-16(12-24)22(26)25-17-5-6-19(27-3)18(23)11-17/h5-6,8-11,13H,4,7H2,1-3H3,(H,25,26)/b16-8+/t13-/m1/s1.